The SMILES string of the molecule is CCCN(CC)S(=O)(=O)c1ccc(CNC(=O)c2cc(C#N)cc3c2cnn3-c2ccc(F)cc2)cc1. The standard InChI is InChI=1S/C27H26FN5O3S/c1-3-13-32(4-2)37(35,36)23-11-5-19(6-12-23)17-30-27(34)24-14-20(16-29)15-26-25(24)18-31-33(26)22-9-7-21(28)8-10-22/h5-12,14-15,18H,3-4,13,17H2,1-2H3,(H,30,34). The van der Waals surface area contributed by atoms with Crippen LogP contribution in [0.5, 0.6) is 0 Å². The van der Waals surface area contributed by atoms with Crippen LogP contribution in [0.1, 0.15) is 41.8 Å². The van der Waals surface area contributed by atoms with Crippen LogP contribution in [0.15, 0.2) is 71.8 Å². The van der Waals surface area contributed by atoms with E-state index in [-0.39, 0.29) is 28.4 Å². The van der Waals surface area contributed by atoms with Crippen LogP contribution in [0.4, 0.5) is 4.39 Å². The molecule has 3 aromatic carbocycles. The summed E-state index contributed by atoms with van der Waals surface area (Å²) >= 11 is 0. The lowest BCUT2D eigenvalue weighted by molar-refractivity contribution is 0.0952. The number of rotatable bonds is 9. The van der Waals surface area contributed by atoms with E-state index < -0.39 is 15.9 Å². The third-order valence-corrected chi connectivity index (χ3v) is 7.96. The third-order valence-electron chi connectivity index (χ3n) is 5.97. The molecule has 0 saturated carbocycles. The number of sulfonamides is 1. The Labute approximate surface area is 215 Å². The first-order valence-corrected chi connectivity index (χ1v) is 13.3. The topological polar surface area (TPSA) is 108 Å². The van der Waals surface area contributed by atoms with Gasteiger partial charge in [0.2, 0.25) is 10.0 Å². The van der Waals surface area contributed by atoms with Crippen LogP contribution >= 0.6 is 0 Å². The molecule has 4 aromatic rings. The van der Waals surface area contributed by atoms with E-state index in [1.807, 2.05) is 6.92 Å². The summed E-state index contributed by atoms with van der Waals surface area (Å²) in [6.45, 7) is 4.74. The van der Waals surface area contributed by atoms with Gasteiger partial charge in [-0.2, -0.15) is 14.7 Å². The van der Waals surface area contributed by atoms with Crippen LogP contribution in [0.3, 0.4) is 0 Å². The molecule has 0 bridgehead atoms. The second-order valence-electron chi connectivity index (χ2n) is 8.42. The average molecular weight is 520 g/mol. The van der Waals surface area contributed by atoms with Gasteiger partial charge in [0, 0.05) is 25.0 Å². The van der Waals surface area contributed by atoms with Crippen molar-refractivity contribution in [3.8, 4) is 11.8 Å². The minimum Gasteiger partial charge on any atom is -0.348 e. The number of hydrogen-bond acceptors (Lipinski definition) is 5. The molecule has 190 valence electrons. The Morgan fingerprint density at radius 1 is 1.11 bits per heavy atom. The van der Waals surface area contributed by atoms with Gasteiger partial charge in [-0.15, -0.1) is 0 Å². The third kappa shape index (κ3) is 5.38. The molecule has 0 aliphatic heterocycles. The first-order valence-electron chi connectivity index (χ1n) is 11.8. The fraction of sp³-hybridized carbons (Fsp3) is 0.222. The summed E-state index contributed by atoms with van der Waals surface area (Å²) in [5.74, 6) is -0.787. The Balaban J connectivity index is 1.56. The zero-order valence-electron chi connectivity index (χ0n) is 20.5. The highest BCUT2D eigenvalue weighted by molar-refractivity contribution is 7.89. The molecular weight excluding hydrogens is 493 g/mol. The minimum absolute atomic E-state index is 0.163. The van der Waals surface area contributed by atoms with Crippen LogP contribution in [0, 0.1) is 17.1 Å². The van der Waals surface area contributed by atoms with Crippen LogP contribution in [-0.2, 0) is 16.6 Å². The van der Waals surface area contributed by atoms with Crippen molar-refractivity contribution in [3.63, 3.8) is 0 Å². The molecule has 0 saturated heterocycles. The summed E-state index contributed by atoms with van der Waals surface area (Å²) in [6, 6.07) is 17.3. The van der Waals surface area contributed by atoms with E-state index in [0.717, 1.165) is 12.0 Å². The van der Waals surface area contributed by atoms with Crippen LogP contribution < -0.4 is 5.32 Å². The molecular formula is C27H26FN5O3S. The Kier molecular flexibility index (Phi) is 7.66. The summed E-state index contributed by atoms with van der Waals surface area (Å²) in [4.78, 5) is 13.3. The van der Waals surface area contributed by atoms with Crippen LogP contribution in [0.2, 0.25) is 0 Å². The van der Waals surface area contributed by atoms with Crippen molar-refractivity contribution in [2.45, 2.75) is 31.7 Å². The lowest BCUT2D eigenvalue weighted by atomic mass is 10.1. The number of hydrogen-bond donors (Lipinski definition) is 1. The van der Waals surface area contributed by atoms with Crippen molar-refractivity contribution < 1.29 is 17.6 Å². The van der Waals surface area contributed by atoms with Gasteiger partial charge in [0.05, 0.1) is 39.5 Å². The molecule has 10 heteroatoms. The van der Waals surface area contributed by atoms with Gasteiger partial charge in [-0.25, -0.2) is 17.5 Å². The van der Waals surface area contributed by atoms with E-state index in [1.165, 1.54) is 40.8 Å². The number of carbonyl (C=O) groups excluding carboxylic acids is 1. The number of nitrogens with zero attached hydrogens (tertiary/aromatic N) is 4. The van der Waals surface area contributed by atoms with Crippen molar-refractivity contribution in [1.29, 1.82) is 5.26 Å². The quantitative estimate of drug-likeness (QED) is 0.353. The van der Waals surface area contributed by atoms with E-state index in [4.69, 9.17) is 0 Å². The zero-order valence-corrected chi connectivity index (χ0v) is 21.3. The predicted octanol–water partition coefficient (Wildman–Crippen LogP) is 4.39. The highest BCUT2D eigenvalue weighted by Gasteiger charge is 2.22. The lowest BCUT2D eigenvalue weighted by Crippen LogP contribution is -2.31. The first-order chi connectivity index (χ1) is 17.8. The molecule has 1 aromatic heterocycles. The Morgan fingerprint density at radius 3 is 2.43 bits per heavy atom. The van der Waals surface area contributed by atoms with Crippen molar-refractivity contribution in [1.82, 2.24) is 19.4 Å². The molecule has 1 N–H and O–H groups in total. The molecule has 0 unspecified atom stereocenters. The summed E-state index contributed by atoms with van der Waals surface area (Å²) in [5, 5.41) is 17.2. The highest BCUT2D eigenvalue weighted by atomic mass is 32.2. The second-order valence-corrected chi connectivity index (χ2v) is 10.4. The van der Waals surface area contributed by atoms with Crippen molar-refractivity contribution in [3.05, 3.63) is 89.4 Å². The number of benzene rings is 3. The largest absolute Gasteiger partial charge is 0.348 e. The molecule has 1 heterocycles. The van der Waals surface area contributed by atoms with Gasteiger partial charge in [0.25, 0.3) is 5.91 Å². The fourth-order valence-electron chi connectivity index (χ4n) is 4.07. The van der Waals surface area contributed by atoms with Crippen LogP contribution in [0.25, 0.3) is 16.6 Å². The van der Waals surface area contributed by atoms with Gasteiger partial charge in [0.1, 0.15) is 5.82 Å². The molecule has 0 atom stereocenters. The van der Waals surface area contributed by atoms with E-state index in [9.17, 15) is 22.9 Å². The molecule has 4 rings (SSSR count). The van der Waals surface area contributed by atoms with Crippen LogP contribution in [-0.4, -0.2) is 41.5 Å². The number of aromatic nitrogens is 2. The molecule has 0 radical (unpaired) electrons. The van der Waals surface area contributed by atoms with Gasteiger partial charge in [0.15, 0.2) is 0 Å². The molecule has 0 fully saturated rings. The Morgan fingerprint density at radius 2 is 1.81 bits per heavy atom. The minimum atomic E-state index is -3.57. The number of nitrogens with one attached hydrogen (secondary N) is 1. The first kappa shape index (κ1) is 26.0. The van der Waals surface area contributed by atoms with Crippen molar-refractivity contribution in [2.24, 2.45) is 0 Å². The predicted molar refractivity (Wildman–Crippen MR) is 138 cm³/mol. The summed E-state index contributed by atoms with van der Waals surface area (Å²) in [7, 11) is -3.57. The van der Waals surface area contributed by atoms with E-state index in [1.54, 1.807) is 41.9 Å². The number of nitriles is 1. The Hall–Kier alpha value is -4.07. The fourth-order valence-corrected chi connectivity index (χ4v) is 5.61. The maximum atomic E-state index is 13.4. The summed E-state index contributed by atoms with van der Waals surface area (Å²) < 4.78 is 42.0. The average Bonchev–Trinajstić information content (AvgIpc) is 3.34. The molecule has 0 aliphatic rings. The number of halogens is 1. The van der Waals surface area contributed by atoms with Gasteiger partial charge >= 0.3 is 0 Å². The zero-order chi connectivity index (χ0) is 26.6. The maximum Gasteiger partial charge on any atom is 0.252 e. The summed E-state index contributed by atoms with van der Waals surface area (Å²) in [6.07, 6.45) is 2.25. The maximum absolute atomic E-state index is 13.4. The normalized spacial score (nSPS) is 11.5. The van der Waals surface area contributed by atoms with E-state index in [2.05, 4.69) is 16.5 Å². The van der Waals surface area contributed by atoms with Crippen molar-refractivity contribution in [2.75, 3.05) is 13.1 Å². The highest BCUT2D eigenvalue weighted by Crippen LogP contribution is 2.24. The molecule has 8 nitrogen and oxygen atoms in total. The molecule has 37 heavy (non-hydrogen) atoms. The number of amides is 1. The Bertz CT molecular complexity index is 1570. The van der Waals surface area contributed by atoms with Gasteiger partial charge < -0.3 is 5.32 Å². The second kappa shape index (κ2) is 10.9. The molecule has 1 amide bonds. The molecule has 0 spiro atoms. The van der Waals surface area contributed by atoms with Gasteiger partial charge in [-0.1, -0.05) is 26.0 Å². The van der Waals surface area contributed by atoms with Crippen molar-refractivity contribution >= 4 is 26.8 Å². The lowest BCUT2D eigenvalue weighted by Gasteiger charge is -2.19. The number of fused-ring (bicyclic) bond motifs is 1. The van der Waals surface area contributed by atoms with Gasteiger partial charge in [-0.05, 0) is 60.5 Å². The monoisotopic (exact) mass is 519 g/mol. The number of carbonyl (C=O) groups is 1. The smallest absolute Gasteiger partial charge is 0.252 e. The molecule has 0 aliphatic carbocycles. The van der Waals surface area contributed by atoms with E-state index >= 15 is 0 Å². The summed E-state index contributed by atoms with van der Waals surface area (Å²) in [5.41, 5.74) is 2.41. The van der Waals surface area contributed by atoms with Gasteiger partial charge in [-0.3, -0.25) is 4.79 Å². The van der Waals surface area contributed by atoms with E-state index in [0.29, 0.717) is 29.7 Å².